The van der Waals surface area contributed by atoms with E-state index in [1.54, 1.807) is 0 Å². The molecule has 1 aliphatic heterocycles. The van der Waals surface area contributed by atoms with E-state index in [2.05, 4.69) is 5.32 Å². The van der Waals surface area contributed by atoms with Crippen molar-refractivity contribution in [1.29, 1.82) is 0 Å². The minimum absolute atomic E-state index is 0.157. The molecule has 2 rings (SSSR count). The summed E-state index contributed by atoms with van der Waals surface area (Å²) in [4.78, 5) is 12.1. The lowest BCUT2D eigenvalue weighted by Crippen LogP contribution is -2.52. The topological polar surface area (TPSA) is 38.3 Å². The summed E-state index contributed by atoms with van der Waals surface area (Å²) in [5.41, 5.74) is 0.522. The first-order valence-corrected chi connectivity index (χ1v) is 6.63. The zero-order valence-corrected chi connectivity index (χ0v) is 11.2. The highest BCUT2D eigenvalue weighted by Crippen LogP contribution is 2.24. The van der Waals surface area contributed by atoms with Gasteiger partial charge in [-0.1, -0.05) is 30.3 Å². The van der Waals surface area contributed by atoms with Gasteiger partial charge in [-0.15, -0.1) is 11.6 Å². The fraction of sp³-hybridized carbons (Fsp3) is 0.500. The van der Waals surface area contributed by atoms with Gasteiger partial charge in [-0.3, -0.25) is 4.79 Å². The quantitative estimate of drug-likeness (QED) is 0.855. The number of alkyl halides is 1. The second-order valence-electron chi connectivity index (χ2n) is 4.98. The number of benzene rings is 1. The molecule has 1 heterocycles. The molecule has 0 saturated carbocycles. The van der Waals surface area contributed by atoms with E-state index >= 15 is 0 Å². The highest BCUT2D eigenvalue weighted by Gasteiger charge is 2.31. The number of hydrogen-bond donors (Lipinski definition) is 1. The van der Waals surface area contributed by atoms with Gasteiger partial charge in [-0.2, -0.15) is 0 Å². The van der Waals surface area contributed by atoms with Crippen LogP contribution < -0.4 is 5.32 Å². The van der Waals surface area contributed by atoms with E-state index in [-0.39, 0.29) is 11.4 Å². The zero-order chi connectivity index (χ0) is 13.0. The maximum atomic E-state index is 12.1. The molecule has 1 saturated heterocycles. The molecule has 1 aliphatic rings. The highest BCUT2D eigenvalue weighted by atomic mass is 35.5. The van der Waals surface area contributed by atoms with Crippen LogP contribution in [0.4, 0.5) is 0 Å². The molecule has 2 atom stereocenters. The van der Waals surface area contributed by atoms with Crippen LogP contribution in [0.2, 0.25) is 0 Å². The molecule has 1 fully saturated rings. The summed E-state index contributed by atoms with van der Waals surface area (Å²) in [5.74, 6) is -0.157. The van der Waals surface area contributed by atoms with Crippen molar-refractivity contribution in [2.45, 2.75) is 30.7 Å². The van der Waals surface area contributed by atoms with E-state index in [9.17, 15) is 4.79 Å². The highest BCUT2D eigenvalue weighted by molar-refractivity contribution is 6.30. The van der Waals surface area contributed by atoms with Crippen molar-refractivity contribution in [3.8, 4) is 0 Å². The Morgan fingerprint density at radius 3 is 2.78 bits per heavy atom. The fourth-order valence-electron chi connectivity index (χ4n) is 2.17. The summed E-state index contributed by atoms with van der Waals surface area (Å²) in [5, 5.41) is 2.35. The number of carbonyl (C=O) groups is 1. The van der Waals surface area contributed by atoms with Crippen molar-refractivity contribution >= 4 is 17.5 Å². The van der Waals surface area contributed by atoms with Gasteiger partial charge in [-0.25, -0.2) is 0 Å². The van der Waals surface area contributed by atoms with E-state index in [4.69, 9.17) is 16.3 Å². The Kier molecular flexibility index (Phi) is 4.25. The standard InChI is InChI=1S/C14H18ClNO2/c1-14(8-5-9-18-10-14)16-13(17)12(15)11-6-3-2-4-7-11/h2-4,6-7,12H,5,8-10H2,1H3,(H,16,17). The number of nitrogens with one attached hydrogen (secondary N) is 1. The molecule has 98 valence electrons. The van der Waals surface area contributed by atoms with Gasteiger partial charge in [0.05, 0.1) is 12.1 Å². The van der Waals surface area contributed by atoms with Crippen LogP contribution in [-0.4, -0.2) is 24.7 Å². The summed E-state index contributed by atoms with van der Waals surface area (Å²) in [6.45, 7) is 3.32. The van der Waals surface area contributed by atoms with E-state index in [0.717, 1.165) is 25.0 Å². The molecule has 2 unspecified atom stereocenters. The molecular formula is C14H18ClNO2. The first-order valence-electron chi connectivity index (χ1n) is 6.19. The van der Waals surface area contributed by atoms with Gasteiger partial charge >= 0.3 is 0 Å². The number of ether oxygens (including phenoxy) is 1. The van der Waals surface area contributed by atoms with Crippen LogP contribution in [0, 0.1) is 0 Å². The molecule has 0 radical (unpaired) electrons. The minimum Gasteiger partial charge on any atom is -0.379 e. The van der Waals surface area contributed by atoms with Crippen molar-refractivity contribution in [3.63, 3.8) is 0 Å². The molecule has 0 aliphatic carbocycles. The van der Waals surface area contributed by atoms with Crippen LogP contribution in [0.5, 0.6) is 0 Å². The first kappa shape index (κ1) is 13.4. The van der Waals surface area contributed by atoms with Gasteiger partial charge in [0.2, 0.25) is 5.91 Å². The van der Waals surface area contributed by atoms with Crippen molar-refractivity contribution in [1.82, 2.24) is 5.32 Å². The molecule has 0 aromatic heterocycles. The summed E-state index contributed by atoms with van der Waals surface area (Å²) in [6, 6.07) is 9.38. The summed E-state index contributed by atoms with van der Waals surface area (Å²) in [7, 11) is 0. The fourth-order valence-corrected chi connectivity index (χ4v) is 2.37. The third kappa shape index (κ3) is 3.24. The van der Waals surface area contributed by atoms with Crippen molar-refractivity contribution < 1.29 is 9.53 Å². The van der Waals surface area contributed by atoms with Crippen molar-refractivity contribution in [2.75, 3.05) is 13.2 Å². The Labute approximate surface area is 112 Å². The van der Waals surface area contributed by atoms with E-state index in [1.807, 2.05) is 37.3 Å². The molecule has 1 aromatic carbocycles. The lowest BCUT2D eigenvalue weighted by atomic mass is 9.94. The third-order valence-electron chi connectivity index (χ3n) is 3.19. The molecule has 1 N–H and O–H groups in total. The minimum atomic E-state index is -0.648. The maximum absolute atomic E-state index is 12.1. The van der Waals surface area contributed by atoms with E-state index in [0.29, 0.717) is 6.61 Å². The zero-order valence-electron chi connectivity index (χ0n) is 10.5. The van der Waals surface area contributed by atoms with Gasteiger partial charge < -0.3 is 10.1 Å². The second-order valence-corrected chi connectivity index (χ2v) is 5.42. The largest absolute Gasteiger partial charge is 0.379 e. The molecule has 1 aromatic rings. The predicted molar refractivity (Wildman–Crippen MR) is 71.6 cm³/mol. The smallest absolute Gasteiger partial charge is 0.243 e. The molecule has 0 spiro atoms. The molecule has 1 amide bonds. The van der Waals surface area contributed by atoms with Crippen LogP contribution in [0.1, 0.15) is 30.7 Å². The van der Waals surface area contributed by atoms with Crippen LogP contribution in [-0.2, 0) is 9.53 Å². The predicted octanol–water partition coefficient (Wildman–Crippen LogP) is 2.65. The van der Waals surface area contributed by atoms with Gasteiger partial charge in [0.15, 0.2) is 0 Å². The Morgan fingerprint density at radius 1 is 1.44 bits per heavy atom. The van der Waals surface area contributed by atoms with Gasteiger partial charge in [-0.05, 0) is 25.3 Å². The molecular weight excluding hydrogens is 250 g/mol. The monoisotopic (exact) mass is 267 g/mol. The normalized spacial score (nSPS) is 25.4. The Balaban J connectivity index is 1.99. The number of halogens is 1. The van der Waals surface area contributed by atoms with E-state index < -0.39 is 5.38 Å². The number of amides is 1. The second kappa shape index (κ2) is 5.72. The maximum Gasteiger partial charge on any atom is 0.243 e. The summed E-state index contributed by atoms with van der Waals surface area (Å²) < 4.78 is 5.41. The Morgan fingerprint density at radius 2 is 2.17 bits per heavy atom. The molecule has 4 heteroatoms. The van der Waals surface area contributed by atoms with Crippen molar-refractivity contribution in [2.24, 2.45) is 0 Å². The summed E-state index contributed by atoms with van der Waals surface area (Å²) >= 11 is 6.19. The lowest BCUT2D eigenvalue weighted by molar-refractivity contribution is -0.124. The van der Waals surface area contributed by atoms with Crippen LogP contribution in [0.3, 0.4) is 0 Å². The SMILES string of the molecule is CC1(NC(=O)C(Cl)c2ccccc2)CCCOC1. The van der Waals surface area contributed by atoms with Crippen LogP contribution >= 0.6 is 11.6 Å². The van der Waals surface area contributed by atoms with Crippen LogP contribution in [0.25, 0.3) is 0 Å². The van der Waals surface area contributed by atoms with Gasteiger partial charge in [0, 0.05) is 6.61 Å². The van der Waals surface area contributed by atoms with Gasteiger partial charge in [0.1, 0.15) is 5.38 Å². The number of rotatable bonds is 3. The molecule has 0 bridgehead atoms. The summed E-state index contributed by atoms with van der Waals surface area (Å²) in [6.07, 6.45) is 1.90. The lowest BCUT2D eigenvalue weighted by Gasteiger charge is -2.34. The third-order valence-corrected chi connectivity index (χ3v) is 3.64. The van der Waals surface area contributed by atoms with Crippen LogP contribution in [0.15, 0.2) is 30.3 Å². The van der Waals surface area contributed by atoms with Crippen molar-refractivity contribution in [3.05, 3.63) is 35.9 Å². The van der Waals surface area contributed by atoms with Gasteiger partial charge in [0.25, 0.3) is 0 Å². The average molecular weight is 268 g/mol. The first-order chi connectivity index (χ1) is 8.61. The molecule has 3 nitrogen and oxygen atoms in total. The average Bonchev–Trinajstić information content (AvgIpc) is 2.39. The Bertz CT molecular complexity index is 402. The number of carbonyl (C=O) groups excluding carboxylic acids is 1. The molecule has 18 heavy (non-hydrogen) atoms. The number of hydrogen-bond acceptors (Lipinski definition) is 2. The Hall–Kier alpha value is -1.06. The van der Waals surface area contributed by atoms with E-state index in [1.165, 1.54) is 0 Å².